The molecule has 0 aliphatic rings. The highest BCUT2D eigenvalue weighted by molar-refractivity contribution is 14.1. The Labute approximate surface area is 128 Å². The van der Waals surface area contributed by atoms with Gasteiger partial charge in [-0.15, -0.1) is 0 Å². The Morgan fingerprint density at radius 3 is 2.32 bits per heavy atom. The third-order valence-corrected chi connectivity index (χ3v) is 3.81. The fraction of sp³-hybridized carbons (Fsp3) is 0.0833. The third-order valence-electron chi connectivity index (χ3n) is 2.24. The molecule has 0 amide bonds. The number of hydrogen-bond acceptors (Lipinski definition) is 6. The van der Waals surface area contributed by atoms with Gasteiger partial charge in [-0.3, -0.25) is 4.79 Å². The molecule has 0 unspecified atom stereocenters. The summed E-state index contributed by atoms with van der Waals surface area (Å²) in [5, 5.41) is 0.413. The number of benzene rings is 1. The van der Waals surface area contributed by atoms with Crippen LogP contribution in [0.25, 0.3) is 0 Å². The van der Waals surface area contributed by atoms with Crippen LogP contribution in [0.5, 0.6) is 0 Å². The second kappa shape index (κ2) is 6.20. The Kier molecular flexibility index (Phi) is 4.59. The number of aromatic nitrogens is 2. The van der Waals surface area contributed by atoms with Crippen molar-refractivity contribution in [1.29, 1.82) is 0 Å². The minimum Gasteiger partial charge on any atom is -0.383 e. The Morgan fingerprint density at radius 2 is 1.74 bits per heavy atom. The van der Waals surface area contributed by atoms with Crippen molar-refractivity contribution in [3.63, 3.8) is 0 Å². The van der Waals surface area contributed by atoms with Crippen LogP contribution in [-0.2, 0) is 0 Å². The molecule has 19 heavy (non-hydrogen) atoms. The molecule has 0 bridgehead atoms. The van der Waals surface area contributed by atoms with E-state index >= 15 is 0 Å². The first-order valence-electron chi connectivity index (χ1n) is 5.36. The molecule has 0 atom stereocenters. The number of anilines is 2. The van der Waals surface area contributed by atoms with Crippen molar-refractivity contribution in [2.75, 3.05) is 17.2 Å². The van der Waals surface area contributed by atoms with E-state index in [1.807, 2.05) is 12.1 Å². The molecule has 1 heterocycles. The predicted molar refractivity (Wildman–Crippen MR) is 85.1 cm³/mol. The first kappa shape index (κ1) is 14.1. The molecule has 7 heteroatoms. The average molecular weight is 386 g/mol. The summed E-state index contributed by atoms with van der Waals surface area (Å²) in [6.45, 7) is 0. The van der Waals surface area contributed by atoms with Crippen LogP contribution in [0.4, 0.5) is 11.6 Å². The van der Waals surface area contributed by atoms with Crippen LogP contribution < -0.4 is 11.5 Å². The first-order valence-corrected chi connectivity index (χ1v) is 7.42. The van der Waals surface area contributed by atoms with Gasteiger partial charge in [-0.1, -0.05) is 23.9 Å². The summed E-state index contributed by atoms with van der Waals surface area (Å²) in [4.78, 5) is 20.0. The monoisotopic (exact) mass is 386 g/mol. The van der Waals surface area contributed by atoms with Crippen molar-refractivity contribution in [2.24, 2.45) is 0 Å². The van der Waals surface area contributed by atoms with Crippen molar-refractivity contribution in [2.45, 2.75) is 5.16 Å². The number of nitrogens with two attached hydrogens (primary N) is 2. The highest BCUT2D eigenvalue weighted by Gasteiger charge is 2.08. The van der Waals surface area contributed by atoms with Gasteiger partial charge in [0.2, 0.25) is 0 Å². The number of nitrogens with zero attached hydrogens (tertiary/aromatic N) is 2. The smallest absolute Gasteiger partial charge is 0.191 e. The van der Waals surface area contributed by atoms with Gasteiger partial charge in [0.15, 0.2) is 10.9 Å². The van der Waals surface area contributed by atoms with Crippen LogP contribution in [0.15, 0.2) is 35.5 Å². The highest BCUT2D eigenvalue weighted by Crippen LogP contribution is 2.18. The summed E-state index contributed by atoms with van der Waals surface area (Å²) in [5.74, 6) is 0.878. The third kappa shape index (κ3) is 4.06. The number of ketones is 1. The molecule has 0 fully saturated rings. The lowest BCUT2D eigenvalue weighted by Gasteiger charge is -2.03. The molecule has 0 radical (unpaired) electrons. The molecule has 5 nitrogen and oxygen atoms in total. The lowest BCUT2D eigenvalue weighted by Crippen LogP contribution is -2.04. The topological polar surface area (TPSA) is 94.9 Å². The maximum atomic E-state index is 12.0. The van der Waals surface area contributed by atoms with E-state index in [0.29, 0.717) is 22.4 Å². The van der Waals surface area contributed by atoms with E-state index in [-0.39, 0.29) is 11.5 Å². The van der Waals surface area contributed by atoms with Crippen LogP contribution in [0.1, 0.15) is 10.4 Å². The molecule has 0 saturated heterocycles. The highest BCUT2D eigenvalue weighted by atomic mass is 127. The summed E-state index contributed by atoms with van der Waals surface area (Å²) < 4.78 is 1.09. The molecule has 1 aromatic heterocycles. The maximum Gasteiger partial charge on any atom is 0.191 e. The second-order valence-corrected chi connectivity index (χ2v) is 5.91. The van der Waals surface area contributed by atoms with E-state index in [1.54, 1.807) is 12.1 Å². The lowest BCUT2D eigenvalue weighted by atomic mass is 10.2. The lowest BCUT2D eigenvalue weighted by molar-refractivity contribution is 0.102. The zero-order valence-corrected chi connectivity index (χ0v) is 12.8. The van der Waals surface area contributed by atoms with Gasteiger partial charge < -0.3 is 11.5 Å². The van der Waals surface area contributed by atoms with Crippen molar-refractivity contribution in [3.8, 4) is 0 Å². The van der Waals surface area contributed by atoms with E-state index in [1.165, 1.54) is 17.8 Å². The average Bonchev–Trinajstić information content (AvgIpc) is 2.36. The van der Waals surface area contributed by atoms with E-state index < -0.39 is 0 Å². The van der Waals surface area contributed by atoms with Crippen molar-refractivity contribution in [1.82, 2.24) is 9.97 Å². The van der Waals surface area contributed by atoms with Gasteiger partial charge in [0.1, 0.15) is 11.6 Å². The number of rotatable bonds is 4. The van der Waals surface area contributed by atoms with Crippen LogP contribution in [0.2, 0.25) is 0 Å². The first-order chi connectivity index (χ1) is 9.04. The number of carbonyl (C=O) groups excluding carboxylic acids is 1. The zero-order chi connectivity index (χ0) is 13.8. The Morgan fingerprint density at radius 1 is 1.16 bits per heavy atom. The predicted octanol–water partition coefficient (Wildman–Crippen LogP) is 2.22. The molecule has 1 aromatic carbocycles. The van der Waals surface area contributed by atoms with Gasteiger partial charge in [-0.2, -0.15) is 0 Å². The van der Waals surface area contributed by atoms with Gasteiger partial charge in [-0.25, -0.2) is 9.97 Å². The van der Waals surface area contributed by atoms with E-state index in [9.17, 15) is 4.79 Å². The van der Waals surface area contributed by atoms with Crippen molar-refractivity contribution >= 4 is 51.8 Å². The SMILES string of the molecule is Nc1cc(N)nc(SCC(=O)c2ccc(I)cc2)n1. The molecule has 0 spiro atoms. The molecule has 98 valence electrons. The van der Waals surface area contributed by atoms with Crippen LogP contribution in [0.3, 0.4) is 0 Å². The molecule has 0 saturated carbocycles. The Balaban J connectivity index is 2.02. The number of thioether (sulfide) groups is 1. The van der Waals surface area contributed by atoms with Crippen LogP contribution in [0, 0.1) is 3.57 Å². The Hall–Kier alpha value is -1.35. The quantitative estimate of drug-likeness (QED) is 0.362. The molecular weight excluding hydrogens is 375 g/mol. The van der Waals surface area contributed by atoms with Gasteiger partial charge in [0.05, 0.1) is 5.75 Å². The van der Waals surface area contributed by atoms with Crippen molar-refractivity contribution in [3.05, 3.63) is 39.5 Å². The molecular formula is C12H11IN4OS. The van der Waals surface area contributed by atoms with Crippen LogP contribution in [-0.4, -0.2) is 21.5 Å². The minimum absolute atomic E-state index is 0.0194. The zero-order valence-electron chi connectivity index (χ0n) is 9.84. The Bertz CT molecular complexity index is 583. The molecule has 2 rings (SSSR count). The molecule has 0 aliphatic carbocycles. The summed E-state index contributed by atoms with van der Waals surface area (Å²) in [5.41, 5.74) is 11.8. The van der Waals surface area contributed by atoms with E-state index in [2.05, 4.69) is 32.6 Å². The van der Waals surface area contributed by atoms with Gasteiger partial charge in [0.25, 0.3) is 0 Å². The van der Waals surface area contributed by atoms with Gasteiger partial charge in [-0.05, 0) is 34.7 Å². The van der Waals surface area contributed by atoms with E-state index in [4.69, 9.17) is 11.5 Å². The molecule has 0 aliphatic heterocycles. The standard InChI is InChI=1S/C12H11IN4OS/c13-8-3-1-7(2-4-8)9(18)6-19-12-16-10(14)5-11(15)17-12/h1-5H,6H2,(H4,14,15,16,17). The summed E-state index contributed by atoms with van der Waals surface area (Å²) >= 11 is 3.42. The van der Waals surface area contributed by atoms with Crippen molar-refractivity contribution < 1.29 is 4.79 Å². The summed E-state index contributed by atoms with van der Waals surface area (Å²) in [7, 11) is 0. The number of Topliss-reactive ketones (excluding diaryl/α,β-unsaturated/α-hetero) is 1. The second-order valence-electron chi connectivity index (χ2n) is 3.72. The van der Waals surface area contributed by atoms with Gasteiger partial charge >= 0.3 is 0 Å². The largest absolute Gasteiger partial charge is 0.383 e. The minimum atomic E-state index is 0.0194. The maximum absolute atomic E-state index is 12.0. The summed E-state index contributed by atoms with van der Waals surface area (Å²) in [6, 6.07) is 8.88. The molecule has 4 N–H and O–H groups in total. The number of carbonyl (C=O) groups is 1. The number of halogens is 1. The van der Waals surface area contributed by atoms with Crippen LogP contribution >= 0.6 is 34.4 Å². The fourth-order valence-electron chi connectivity index (χ4n) is 1.38. The number of hydrogen-bond donors (Lipinski definition) is 2. The van der Waals surface area contributed by atoms with Gasteiger partial charge in [0, 0.05) is 15.2 Å². The normalized spacial score (nSPS) is 10.4. The number of nitrogen functional groups attached to an aromatic ring is 2. The van der Waals surface area contributed by atoms with E-state index in [0.717, 1.165) is 3.57 Å². The molecule has 2 aromatic rings. The summed E-state index contributed by atoms with van der Waals surface area (Å²) in [6.07, 6.45) is 0. The fourth-order valence-corrected chi connectivity index (χ4v) is 2.50.